The first-order valence-corrected chi connectivity index (χ1v) is 10.1. The minimum atomic E-state index is -0.179. The molecule has 3 rings (SSSR count). The SMILES string of the molecule is Cc1csc(Sc2ccc(NC(=O)CCNC(=O)c3ccccc3)cc2)n1. The first kappa shape index (κ1) is 19.1. The van der Waals surface area contributed by atoms with Gasteiger partial charge in [-0.2, -0.15) is 0 Å². The van der Waals surface area contributed by atoms with Crippen LogP contribution in [0.2, 0.25) is 0 Å². The molecule has 0 bridgehead atoms. The van der Waals surface area contributed by atoms with Crippen molar-refractivity contribution in [2.75, 3.05) is 11.9 Å². The zero-order valence-corrected chi connectivity index (χ0v) is 16.4. The highest BCUT2D eigenvalue weighted by Gasteiger charge is 2.07. The maximum Gasteiger partial charge on any atom is 0.251 e. The lowest BCUT2D eigenvalue weighted by atomic mass is 10.2. The fourth-order valence-electron chi connectivity index (χ4n) is 2.29. The molecule has 5 nitrogen and oxygen atoms in total. The molecule has 1 aromatic heterocycles. The number of nitrogens with zero attached hydrogens (tertiary/aromatic N) is 1. The fourth-order valence-corrected chi connectivity index (χ4v) is 4.10. The molecule has 3 aromatic rings. The van der Waals surface area contributed by atoms with E-state index in [2.05, 4.69) is 15.6 Å². The molecule has 0 radical (unpaired) electrons. The van der Waals surface area contributed by atoms with Crippen molar-refractivity contribution >= 4 is 40.6 Å². The van der Waals surface area contributed by atoms with Crippen LogP contribution in [0, 0.1) is 6.92 Å². The van der Waals surface area contributed by atoms with E-state index in [4.69, 9.17) is 0 Å². The van der Waals surface area contributed by atoms with Gasteiger partial charge in [0.25, 0.3) is 5.91 Å². The van der Waals surface area contributed by atoms with Crippen molar-refractivity contribution in [1.82, 2.24) is 10.3 Å². The molecular weight excluding hydrogens is 378 g/mol. The Balaban J connectivity index is 1.43. The average molecular weight is 398 g/mol. The van der Waals surface area contributed by atoms with Gasteiger partial charge in [-0.05, 0) is 43.3 Å². The summed E-state index contributed by atoms with van der Waals surface area (Å²) in [6, 6.07) is 16.6. The minimum absolute atomic E-state index is 0.140. The molecule has 0 aliphatic rings. The van der Waals surface area contributed by atoms with Gasteiger partial charge < -0.3 is 10.6 Å². The van der Waals surface area contributed by atoms with E-state index in [-0.39, 0.29) is 24.8 Å². The van der Waals surface area contributed by atoms with Crippen molar-refractivity contribution in [2.24, 2.45) is 0 Å². The molecule has 138 valence electrons. The van der Waals surface area contributed by atoms with Gasteiger partial charge in [-0.15, -0.1) is 11.3 Å². The number of anilines is 1. The predicted octanol–water partition coefficient (Wildman–Crippen LogP) is 4.36. The smallest absolute Gasteiger partial charge is 0.251 e. The quantitative estimate of drug-likeness (QED) is 0.621. The van der Waals surface area contributed by atoms with Gasteiger partial charge >= 0.3 is 0 Å². The Labute approximate surface area is 166 Å². The zero-order chi connectivity index (χ0) is 19.1. The van der Waals surface area contributed by atoms with Gasteiger partial charge in [-0.1, -0.05) is 30.0 Å². The molecule has 0 aliphatic heterocycles. The zero-order valence-electron chi connectivity index (χ0n) is 14.8. The second-order valence-electron chi connectivity index (χ2n) is 5.80. The van der Waals surface area contributed by atoms with Crippen LogP contribution in [0.25, 0.3) is 0 Å². The monoisotopic (exact) mass is 397 g/mol. The highest BCUT2D eigenvalue weighted by Crippen LogP contribution is 2.30. The Bertz CT molecular complexity index is 908. The van der Waals surface area contributed by atoms with Crippen LogP contribution in [-0.4, -0.2) is 23.3 Å². The van der Waals surface area contributed by atoms with Crippen LogP contribution in [0.3, 0.4) is 0 Å². The number of amides is 2. The van der Waals surface area contributed by atoms with Gasteiger partial charge in [0.15, 0.2) is 4.34 Å². The van der Waals surface area contributed by atoms with Crippen molar-refractivity contribution in [1.29, 1.82) is 0 Å². The average Bonchev–Trinajstić information content (AvgIpc) is 3.08. The Morgan fingerprint density at radius 2 is 1.81 bits per heavy atom. The molecular formula is C20H19N3O2S2. The number of hydrogen-bond acceptors (Lipinski definition) is 5. The number of thiazole rings is 1. The van der Waals surface area contributed by atoms with Crippen LogP contribution in [0.15, 0.2) is 69.2 Å². The Hall–Kier alpha value is -2.64. The van der Waals surface area contributed by atoms with Gasteiger partial charge in [-0.3, -0.25) is 9.59 Å². The third-order valence-corrected chi connectivity index (χ3v) is 5.68. The number of benzene rings is 2. The number of carbonyl (C=O) groups is 2. The molecule has 0 saturated heterocycles. The van der Waals surface area contributed by atoms with Crippen LogP contribution >= 0.6 is 23.1 Å². The summed E-state index contributed by atoms with van der Waals surface area (Å²) in [6.45, 7) is 2.26. The molecule has 2 N–H and O–H groups in total. The maximum atomic E-state index is 12.0. The highest BCUT2D eigenvalue weighted by molar-refractivity contribution is 8.01. The Morgan fingerprint density at radius 3 is 2.48 bits per heavy atom. The minimum Gasteiger partial charge on any atom is -0.352 e. The Kier molecular flexibility index (Phi) is 6.62. The second kappa shape index (κ2) is 9.34. The fraction of sp³-hybridized carbons (Fsp3) is 0.150. The maximum absolute atomic E-state index is 12.0. The predicted molar refractivity (Wildman–Crippen MR) is 109 cm³/mol. The van der Waals surface area contributed by atoms with E-state index in [0.717, 1.165) is 20.6 Å². The number of aryl methyl sites for hydroxylation is 1. The molecule has 2 aromatic carbocycles. The van der Waals surface area contributed by atoms with E-state index < -0.39 is 0 Å². The van der Waals surface area contributed by atoms with Crippen molar-refractivity contribution < 1.29 is 9.59 Å². The molecule has 7 heteroatoms. The van der Waals surface area contributed by atoms with Crippen LogP contribution in [-0.2, 0) is 4.79 Å². The summed E-state index contributed by atoms with van der Waals surface area (Å²) in [4.78, 5) is 29.4. The first-order valence-electron chi connectivity index (χ1n) is 8.43. The second-order valence-corrected chi connectivity index (χ2v) is 7.98. The molecule has 0 saturated carbocycles. The summed E-state index contributed by atoms with van der Waals surface area (Å²) in [5.41, 5.74) is 2.33. The van der Waals surface area contributed by atoms with Crippen molar-refractivity contribution in [3.8, 4) is 0 Å². The van der Waals surface area contributed by atoms with Gasteiger partial charge in [0.2, 0.25) is 5.91 Å². The largest absolute Gasteiger partial charge is 0.352 e. The molecule has 0 spiro atoms. The van der Waals surface area contributed by atoms with E-state index in [1.54, 1.807) is 47.4 Å². The van der Waals surface area contributed by atoms with Gasteiger partial charge in [0, 0.05) is 40.2 Å². The van der Waals surface area contributed by atoms with E-state index in [1.807, 2.05) is 42.6 Å². The summed E-state index contributed by atoms with van der Waals surface area (Å²) in [6.07, 6.45) is 0.216. The van der Waals surface area contributed by atoms with E-state index in [0.29, 0.717) is 5.56 Å². The lowest BCUT2D eigenvalue weighted by Crippen LogP contribution is -2.27. The highest BCUT2D eigenvalue weighted by atomic mass is 32.2. The molecule has 0 aliphatic carbocycles. The summed E-state index contributed by atoms with van der Waals surface area (Å²) in [5, 5.41) is 7.60. The summed E-state index contributed by atoms with van der Waals surface area (Å²) < 4.78 is 0.999. The van der Waals surface area contributed by atoms with Crippen LogP contribution < -0.4 is 10.6 Å². The third-order valence-electron chi connectivity index (χ3n) is 3.61. The lowest BCUT2D eigenvalue weighted by Gasteiger charge is -2.07. The summed E-state index contributed by atoms with van der Waals surface area (Å²) in [7, 11) is 0. The standard InChI is InChI=1S/C20H19N3O2S2/c1-14-13-26-20(22-14)27-17-9-7-16(8-10-17)23-18(24)11-12-21-19(25)15-5-3-2-4-6-15/h2-10,13H,11-12H2,1H3,(H,21,25)(H,23,24). The van der Waals surface area contributed by atoms with Gasteiger partial charge in [0.1, 0.15) is 0 Å². The molecule has 1 heterocycles. The molecule has 0 unspecified atom stereocenters. The van der Waals surface area contributed by atoms with E-state index in [9.17, 15) is 9.59 Å². The number of rotatable bonds is 7. The number of hydrogen-bond donors (Lipinski definition) is 2. The van der Waals surface area contributed by atoms with Crippen LogP contribution in [0.1, 0.15) is 22.5 Å². The van der Waals surface area contributed by atoms with Crippen molar-refractivity contribution in [2.45, 2.75) is 22.6 Å². The van der Waals surface area contributed by atoms with Gasteiger partial charge in [-0.25, -0.2) is 4.98 Å². The first-order chi connectivity index (χ1) is 13.1. The van der Waals surface area contributed by atoms with Gasteiger partial charge in [0.05, 0.1) is 0 Å². The van der Waals surface area contributed by atoms with Crippen LogP contribution in [0.4, 0.5) is 5.69 Å². The van der Waals surface area contributed by atoms with E-state index in [1.165, 1.54) is 0 Å². The molecule has 0 fully saturated rings. The normalized spacial score (nSPS) is 10.4. The number of carbonyl (C=O) groups excluding carboxylic acids is 2. The number of aromatic nitrogens is 1. The third kappa shape index (κ3) is 5.94. The Morgan fingerprint density at radius 1 is 1.07 bits per heavy atom. The topological polar surface area (TPSA) is 71.1 Å². The van der Waals surface area contributed by atoms with Crippen LogP contribution in [0.5, 0.6) is 0 Å². The molecule has 27 heavy (non-hydrogen) atoms. The van der Waals surface area contributed by atoms with E-state index >= 15 is 0 Å². The summed E-state index contributed by atoms with van der Waals surface area (Å²) in [5.74, 6) is -0.318. The lowest BCUT2D eigenvalue weighted by molar-refractivity contribution is -0.116. The molecule has 0 atom stereocenters. The summed E-state index contributed by atoms with van der Waals surface area (Å²) >= 11 is 3.21. The molecule has 2 amide bonds. The van der Waals surface area contributed by atoms with Crippen molar-refractivity contribution in [3.05, 3.63) is 71.2 Å². The van der Waals surface area contributed by atoms with Crippen molar-refractivity contribution in [3.63, 3.8) is 0 Å². The number of nitrogens with one attached hydrogen (secondary N) is 2.